The zero-order chi connectivity index (χ0) is 16.7. The monoisotopic (exact) mass is 334 g/mol. The molecule has 0 unspecified atom stereocenters. The molecule has 1 heterocycles. The SMILES string of the molecule is CCCCCCCCCCCC[n+]1cc[nH]c1.O=S(=O)([O-])O. The van der Waals surface area contributed by atoms with Gasteiger partial charge >= 0.3 is 0 Å². The van der Waals surface area contributed by atoms with Crippen molar-refractivity contribution in [3.8, 4) is 0 Å². The van der Waals surface area contributed by atoms with Crippen LogP contribution in [0, 0.1) is 0 Å². The lowest BCUT2D eigenvalue weighted by Gasteiger charge is -2.01. The first-order valence-corrected chi connectivity index (χ1v) is 9.50. The molecule has 0 radical (unpaired) electrons. The van der Waals surface area contributed by atoms with E-state index in [0.717, 1.165) is 0 Å². The van der Waals surface area contributed by atoms with E-state index in [-0.39, 0.29) is 0 Å². The minimum Gasteiger partial charge on any atom is -0.726 e. The maximum absolute atomic E-state index is 8.63. The van der Waals surface area contributed by atoms with Gasteiger partial charge in [0, 0.05) is 0 Å². The van der Waals surface area contributed by atoms with Crippen LogP contribution in [0.4, 0.5) is 0 Å². The number of hydrogen-bond donors (Lipinski definition) is 2. The quantitative estimate of drug-likeness (QED) is 0.281. The van der Waals surface area contributed by atoms with Gasteiger partial charge in [0.25, 0.3) is 0 Å². The van der Waals surface area contributed by atoms with Gasteiger partial charge in [-0.2, -0.15) is 0 Å². The zero-order valence-electron chi connectivity index (χ0n) is 13.5. The van der Waals surface area contributed by atoms with Crippen molar-refractivity contribution in [2.24, 2.45) is 0 Å². The van der Waals surface area contributed by atoms with E-state index in [1.54, 1.807) is 0 Å². The normalized spacial score (nSPS) is 11.0. The van der Waals surface area contributed by atoms with Crippen molar-refractivity contribution in [3.63, 3.8) is 0 Å². The number of H-pyrrole nitrogens is 1. The van der Waals surface area contributed by atoms with Gasteiger partial charge in [0.2, 0.25) is 16.7 Å². The highest BCUT2D eigenvalue weighted by molar-refractivity contribution is 7.79. The van der Waals surface area contributed by atoms with Gasteiger partial charge in [0.05, 0.1) is 6.54 Å². The van der Waals surface area contributed by atoms with E-state index in [0.29, 0.717) is 0 Å². The summed E-state index contributed by atoms with van der Waals surface area (Å²) in [6.45, 7) is 3.45. The van der Waals surface area contributed by atoms with E-state index >= 15 is 0 Å². The van der Waals surface area contributed by atoms with Gasteiger partial charge in [-0.05, 0) is 12.8 Å². The van der Waals surface area contributed by atoms with Crippen LogP contribution in [0.15, 0.2) is 18.7 Å². The van der Waals surface area contributed by atoms with E-state index < -0.39 is 10.4 Å². The Morgan fingerprint density at radius 3 is 1.86 bits per heavy atom. The maximum atomic E-state index is 8.63. The van der Waals surface area contributed by atoms with Crippen LogP contribution in [-0.4, -0.2) is 22.5 Å². The molecule has 0 amide bonds. The molecule has 130 valence electrons. The summed E-state index contributed by atoms with van der Waals surface area (Å²) < 4.78 is 35.1. The summed E-state index contributed by atoms with van der Waals surface area (Å²) in [6, 6.07) is 0. The van der Waals surface area contributed by atoms with Crippen molar-refractivity contribution in [1.29, 1.82) is 0 Å². The predicted molar refractivity (Wildman–Crippen MR) is 85.2 cm³/mol. The van der Waals surface area contributed by atoms with Crippen molar-refractivity contribution >= 4 is 10.4 Å². The molecule has 0 aliphatic rings. The Kier molecular flexibility index (Phi) is 13.1. The Hall–Kier alpha value is -0.920. The van der Waals surface area contributed by atoms with Crippen LogP contribution < -0.4 is 4.57 Å². The zero-order valence-corrected chi connectivity index (χ0v) is 14.4. The lowest BCUT2D eigenvalue weighted by atomic mass is 10.1. The van der Waals surface area contributed by atoms with E-state index in [1.807, 2.05) is 12.5 Å². The summed E-state index contributed by atoms with van der Waals surface area (Å²) in [5.41, 5.74) is 0. The highest BCUT2D eigenvalue weighted by atomic mass is 32.3. The Morgan fingerprint density at radius 1 is 1.00 bits per heavy atom. The number of aromatic amines is 1. The molecule has 0 saturated heterocycles. The molecule has 0 aromatic carbocycles. The highest BCUT2D eigenvalue weighted by Crippen LogP contribution is 2.10. The Morgan fingerprint density at radius 2 is 1.45 bits per heavy atom. The lowest BCUT2D eigenvalue weighted by Crippen LogP contribution is -2.30. The number of aromatic nitrogens is 2. The van der Waals surface area contributed by atoms with Gasteiger partial charge in [-0.3, -0.25) is 9.54 Å². The molecule has 0 bridgehead atoms. The average Bonchev–Trinajstić information content (AvgIpc) is 2.92. The average molecular weight is 334 g/mol. The van der Waals surface area contributed by atoms with E-state index in [1.165, 1.54) is 70.8 Å². The number of nitrogens with one attached hydrogen (secondary N) is 1. The van der Waals surface area contributed by atoms with Crippen LogP contribution in [0.5, 0.6) is 0 Å². The van der Waals surface area contributed by atoms with Gasteiger partial charge in [-0.15, -0.1) is 0 Å². The molecule has 0 aliphatic heterocycles. The van der Waals surface area contributed by atoms with Crippen LogP contribution in [0.2, 0.25) is 0 Å². The van der Waals surface area contributed by atoms with Crippen LogP contribution in [-0.2, 0) is 16.9 Å². The molecule has 1 aromatic heterocycles. The Bertz CT molecular complexity index is 424. The van der Waals surface area contributed by atoms with Crippen molar-refractivity contribution < 1.29 is 22.1 Å². The largest absolute Gasteiger partial charge is 0.726 e. The van der Waals surface area contributed by atoms with E-state index in [9.17, 15) is 0 Å². The third-order valence-corrected chi connectivity index (χ3v) is 3.37. The number of rotatable bonds is 11. The second-order valence-corrected chi connectivity index (χ2v) is 6.31. The first-order chi connectivity index (χ1) is 10.4. The molecule has 7 heteroatoms. The molecule has 2 N–H and O–H groups in total. The van der Waals surface area contributed by atoms with Crippen molar-refractivity contribution in [2.75, 3.05) is 0 Å². The molecule has 0 saturated carbocycles. The summed E-state index contributed by atoms with van der Waals surface area (Å²) in [5.74, 6) is 0. The van der Waals surface area contributed by atoms with Crippen LogP contribution >= 0.6 is 0 Å². The number of imidazole rings is 1. The summed E-state index contributed by atoms with van der Waals surface area (Å²) in [5, 5.41) is 0. The Labute approximate surface area is 134 Å². The molecule has 0 atom stereocenters. The minimum absolute atomic E-state index is 1.17. The summed E-state index contributed by atoms with van der Waals surface area (Å²) in [6.07, 6.45) is 20.2. The van der Waals surface area contributed by atoms with E-state index in [2.05, 4.69) is 22.7 Å². The number of hydrogen-bond acceptors (Lipinski definition) is 3. The highest BCUT2D eigenvalue weighted by Gasteiger charge is 1.96. The maximum Gasteiger partial charge on any atom is 0.241 e. The molecule has 1 aromatic rings. The Balaban J connectivity index is 0.000000763. The van der Waals surface area contributed by atoms with Crippen molar-refractivity contribution in [1.82, 2.24) is 4.98 Å². The smallest absolute Gasteiger partial charge is 0.241 e. The fourth-order valence-electron chi connectivity index (χ4n) is 2.24. The third-order valence-electron chi connectivity index (χ3n) is 3.37. The second-order valence-electron chi connectivity index (χ2n) is 5.46. The van der Waals surface area contributed by atoms with Crippen LogP contribution in [0.25, 0.3) is 0 Å². The van der Waals surface area contributed by atoms with Crippen LogP contribution in [0.3, 0.4) is 0 Å². The summed E-state index contributed by atoms with van der Waals surface area (Å²) in [7, 11) is -4.92. The molecular formula is C15H30N2O4S. The van der Waals surface area contributed by atoms with E-state index in [4.69, 9.17) is 17.5 Å². The lowest BCUT2D eigenvalue weighted by molar-refractivity contribution is -0.696. The van der Waals surface area contributed by atoms with Crippen LogP contribution in [0.1, 0.15) is 71.1 Å². The summed E-state index contributed by atoms with van der Waals surface area (Å²) >= 11 is 0. The second kappa shape index (κ2) is 13.7. The topological polar surface area (TPSA) is 97.1 Å². The molecule has 1 rings (SSSR count). The first-order valence-electron chi connectivity index (χ1n) is 8.13. The molecule has 6 nitrogen and oxygen atoms in total. The van der Waals surface area contributed by atoms with Gasteiger partial charge in [0.1, 0.15) is 12.4 Å². The molecule has 0 aliphatic carbocycles. The molecule has 22 heavy (non-hydrogen) atoms. The molecule has 0 fully saturated rings. The minimum atomic E-state index is -4.92. The van der Waals surface area contributed by atoms with Gasteiger partial charge in [-0.25, -0.2) is 13.0 Å². The molecular weight excluding hydrogens is 304 g/mol. The van der Waals surface area contributed by atoms with Crippen molar-refractivity contribution in [2.45, 2.75) is 77.7 Å². The fourth-order valence-corrected chi connectivity index (χ4v) is 2.24. The van der Waals surface area contributed by atoms with Gasteiger partial charge in [-0.1, -0.05) is 58.3 Å². The molecule has 0 spiro atoms. The number of nitrogens with zero attached hydrogens (tertiary/aromatic N) is 1. The summed E-state index contributed by atoms with van der Waals surface area (Å²) in [4.78, 5) is 3.08. The van der Waals surface area contributed by atoms with Gasteiger partial charge in [0.15, 0.2) is 0 Å². The predicted octanol–water partition coefficient (Wildman–Crippen LogP) is 3.23. The number of unbranched alkanes of at least 4 members (excludes halogenated alkanes) is 9. The number of aryl methyl sites for hydroxylation is 1. The standard InChI is InChI=1S/C15H28N2.H2O4S/c1-2-3-4-5-6-7-8-9-10-11-13-17-14-12-16-15-17;1-5(2,3)4/h12,14-15H,2-11,13H2,1H3;(H2,1,2,3,4). The fraction of sp³-hybridized carbons (Fsp3) is 0.800. The van der Waals surface area contributed by atoms with Crippen molar-refractivity contribution in [3.05, 3.63) is 18.7 Å². The third kappa shape index (κ3) is 19.1. The van der Waals surface area contributed by atoms with Gasteiger partial charge < -0.3 is 4.55 Å². The first kappa shape index (κ1) is 21.1.